The van der Waals surface area contributed by atoms with Crippen LogP contribution in [0.15, 0.2) is 35.2 Å². The number of hydrogen-bond donors (Lipinski definition) is 0. The number of rotatable bonds is 3. The minimum Gasteiger partial charge on any atom is -0.337 e. The van der Waals surface area contributed by atoms with Crippen LogP contribution in [0.25, 0.3) is 0 Å². The summed E-state index contributed by atoms with van der Waals surface area (Å²) in [6.45, 7) is 10.2. The monoisotopic (exact) mass is 339 g/mol. The Kier molecular flexibility index (Phi) is 5.00. The smallest absolute Gasteiger partial charge is 0.233 e. The Bertz CT molecular complexity index is 755. The molecule has 2 aromatic carbocycles. The molecule has 1 amide bonds. The normalized spacial score (nSPS) is 13.8. The van der Waals surface area contributed by atoms with Gasteiger partial charge in [-0.3, -0.25) is 4.79 Å². The molecule has 0 saturated carbocycles. The molecule has 3 heteroatoms. The number of thioether (sulfide) groups is 1. The third kappa shape index (κ3) is 3.36. The number of aryl methyl sites for hydroxylation is 2. The summed E-state index contributed by atoms with van der Waals surface area (Å²) in [4.78, 5) is 16.0. The van der Waals surface area contributed by atoms with Crippen LogP contribution in [-0.4, -0.2) is 23.1 Å². The molecule has 0 atom stereocenters. The Morgan fingerprint density at radius 1 is 1.04 bits per heavy atom. The second-order valence-corrected chi connectivity index (χ2v) is 7.70. The molecule has 0 radical (unpaired) electrons. The fourth-order valence-electron chi connectivity index (χ4n) is 3.33. The maximum atomic E-state index is 12.7. The van der Waals surface area contributed by atoms with Gasteiger partial charge >= 0.3 is 0 Å². The van der Waals surface area contributed by atoms with Crippen LogP contribution in [0, 0.1) is 27.7 Å². The van der Waals surface area contributed by atoms with Crippen LogP contribution in [0.4, 0.5) is 0 Å². The Morgan fingerprint density at radius 2 is 1.67 bits per heavy atom. The Balaban J connectivity index is 1.69. The molecule has 0 bridgehead atoms. The van der Waals surface area contributed by atoms with Gasteiger partial charge in [-0.25, -0.2) is 0 Å². The third-order valence-electron chi connectivity index (χ3n) is 5.12. The van der Waals surface area contributed by atoms with E-state index in [2.05, 4.69) is 58.0 Å². The SMILES string of the molecule is Cc1cc(C)c(C)c(SCC(=O)N2CCc3ccccc3C2)c1C. The number of nitrogens with zero attached hydrogens (tertiary/aromatic N) is 1. The van der Waals surface area contributed by atoms with Gasteiger partial charge in [-0.2, -0.15) is 0 Å². The van der Waals surface area contributed by atoms with E-state index in [4.69, 9.17) is 0 Å². The van der Waals surface area contributed by atoms with Crippen molar-refractivity contribution >= 4 is 17.7 Å². The topological polar surface area (TPSA) is 20.3 Å². The van der Waals surface area contributed by atoms with E-state index in [0.717, 1.165) is 19.5 Å². The van der Waals surface area contributed by atoms with Gasteiger partial charge < -0.3 is 4.90 Å². The van der Waals surface area contributed by atoms with E-state index in [1.54, 1.807) is 11.8 Å². The van der Waals surface area contributed by atoms with Crippen molar-refractivity contribution in [1.29, 1.82) is 0 Å². The van der Waals surface area contributed by atoms with Gasteiger partial charge in [-0.05, 0) is 67.5 Å². The Morgan fingerprint density at radius 3 is 2.33 bits per heavy atom. The first-order valence-electron chi connectivity index (χ1n) is 8.52. The van der Waals surface area contributed by atoms with E-state index >= 15 is 0 Å². The van der Waals surface area contributed by atoms with Crippen LogP contribution in [-0.2, 0) is 17.8 Å². The van der Waals surface area contributed by atoms with E-state index < -0.39 is 0 Å². The Hall–Kier alpha value is -1.74. The van der Waals surface area contributed by atoms with Gasteiger partial charge in [-0.15, -0.1) is 11.8 Å². The number of fused-ring (bicyclic) bond motifs is 1. The third-order valence-corrected chi connectivity index (χ3v) is 6.41. The fourth-order valence-corrected chi connectivity index (χ4v) is 4.54. The molecular formula is C21H25NOS. The average molecular weight is 340 g/mol. The first-order chi connectivity index (χ1) is 11.5. The van der Waals surface area contributed by atoms with Crippen molar-refractivity contribution in [3.8, 4) is 0 Å². The number of benzene rings is 2. The molecule has 1 aliphatic heterocycles. The van der Waals surface area contributed by atoms with Crippen molar-refractivity contribution in [2.45, 2.75) is 45.6 Å². The first-order valence-corrected chi connectivity index (χ1v) is 9.50. The summed E-state index contributed by atoms with van der Waals surface area (Å²) < 4.78 is 0. The molecule has 24 heavy (non-hydrogen) atoms. The summed E-state index contributed by atoms with van der Waals surface area (Å²) in [5, 5.41) is 0. The molecule has 0 aliphatic carbocycles. The van der Waals surface area contributed by atoms with Gasteiger partial charge in [0.25, 0.3) is 0 Å². The maximum absolute atomic E-state index is 12.7. The molecule has 1 heterocycles. The van der Waals surface area contributed by atoms with Crippen LogP contribution in [0.5, 0.6) is 0 Å². The lowest BCUT2D eigenvalue weighted by molar-refractivity contribution is -0.129. The number of carbonyl (C=O) groups excluding carboxylic acids is 1. The van der Waals surface area contributed by atoms with Crippen molar-refractivity contribution in [3.63, 3.8) is 0 Å². The van der Waals surface area contributed by atoms with Crippen LogP contribution >= 0.6 is 11.8 Å². The zero-order valence-electron chi connectivity index (χ0n) is 15.0. The lowest BCUT2D eigenvalue weighted by Gasteiger charge is -2.29. The average Bonchev–Trinajstić information content (AvgIpc) is 2.59. The maximum Gasteiger partial charge on any atom is 0.233 e. The van der Waals surface area contributed by atoms with Gasteiger partial charge in [0.2, 0.25) is 5.91 Å². The molecule has 2 aromatic rings. The summed E-state index contributed by atoms with van der Waals surface area (Å²) in [7, 11) is 0. The second-order valence-electron chi connectivity index (χ2n) is 6.71. The fraction of sp³-hybridized carbons (Fsp3) is 0.381. The van der Waals surface area contributed by atoms with E-state index in [1.807, 2.05) is 4.90 Å². The zero-order chi connectivity index (χ0) is 17.3. The van der Waals surface area contributed by atoms with Gasteiger partial charge in [0.05, 0.1) is 5.75 Å². The summed E-state index contributed by atoms with van der Waals surface area (Å²) >= 11 is 1.69. The summed E-state index contributed by atoms with van der Waals surface area (Å²) in [5.74, 6) is 0.764. The van der Waals surface area contributed by atoms with Crippen LogP contribution in [0.1, 0.15) is 33.4 Å². The van der Waals surface area contributed by atoms with Gasteiger partial charge in [0.1, 0.15) is 0 Å². The number of carbonyl (C=O) groups is 1. The molecule has 0 unspecified atom stereocenters. The van der Waals surface area contributed by atoms with E-state index in [1.165, 1.54) is 38.3 Å². The Labute approximate surface area is 149 Å². The molecular weight excluding hydrogens is 314 g/mol. The minimum atomic E-state index is 0.243. The van der Waals surface area contributed by atoms with E-state index in [9.17, 15) is 4.79 Å². The second kappa shape index (κ2) is 7.02. The molecule has 3 rings (SSSR count). The summed E-state index contributed by atoms with van der Waals surface area (Å²) in [6, 6.07) is 10.7. The van der Waals surface area contributed by atoms with Gasteiger partial charge in [-0.1, -0.05) is 30.3 Å². The highest BCUT2D eigenvalue weighted by Gasteiger charge is 2.21. The van der Waals surface area contributed by atoms with Crippen LogP contribution in [0.2, 0.25) is 0 Å². The van der Waals surface area contributed by atoms with Crippen molar-refractivity contribution in [2.75, 3.05) is 12.3 Å². The van der Waals surface area contributed by atoms with Crippen molar-refractivity contribution in [3.05, 3.63) is 63.7 Å². The molecule has 0 aromatic heterocycles. The van der Waals surface area contributed by atoms with Crippen molar-refractivity contribution < 1.29 is 4.79 Å². The zero-order valence-corrected chi connectivity index (χ0v) is 15.8. The lowest BCUT2D eigenvalue weighted by atomic mass is 10.00. The quantitative estimate of drug-likeness (QED) is 0.762. The predicted molar refractivity (Wildman–Crippen MR) is 102 cm³/mol. The summed E-state index contributed by atoms with van der Waals surface area (Å²) in [5.41, 5.74) is 7.90. The largest absolute Gasteiger partial charge is 0.337 e. The molecule has 0 N–H and O–H groups in total. The molecule has 1 aliphatic rings. The van der Waals surface area contributed by atoms with E-state index in [-0.39, 0.29) is 5.91 Å². The van der Waals surface area contributed by atoms with Crippen molar-refractivity contribution in [2.24, 2.45) is 0 Å². The molecule has 0 saturated heterocycles. The highest BCUT2D eigenvalue weighted by Crippen LogP contribution is 2.31. The van der Waals surface area contributed by atoms with Crippen LogP contribution in [0.3, 0.4) is 0 Å². The number of amides is 1. The van der Waals surface area contributed by atoms with Gasteiger partial charge in [0, 0.05) is 18.0 Å². The molecule has 126 valence electrons. The molecule has 0 spiro atoms. The molecule has 2 nitrogen and oxygen atoms in total. The minimum absolute atomic E-state index is 0.243. The summed E-state index contributed by atoms with van der Waals surface area (Å²) in [6.07, 6.45) is 0.966. The predicted octanol–water partition coefficient (Wildman–Crippen LogP) is 4.60. The van der Waals surface area contributed by atoms with Crippen LogP contribution < -0.4 is 0 Å². The van der Waals surface area contributed by atoms with E-state index in [0.29, 0.717) is 5.75 Å². The van der Waals surface area contributed by atoms with Crippen molar-refractivity contribution in [1.82, 2.24) is 4.90 Å². The standard InChI is InChI=1S/C21H25NOS/c1-14-11-15(2)17(4)21(16(14)3)24-13-20(23)22-10-9-18-7-5-6-8-19(18)12-22/h5-8,11H,9-10,12-13H2,1-4H3. The lowest BCUT2D eigenvalue weighted by Crippen LogP contribution is -2.37. The highest BCUT2D eigenvalue weighted by atomic mass is 32.2. The number of hydrogen-bond acceptors (Lipinski definition) is 2. The molecule has 0 fully saturated rings. The van der Waals surface area contributed by atoms with Gasteiger partial charge in [0.15, 0.2) is 0 Å². The highest BCUT2D eigenvalue weighted by molar-refractivity contribution is 8.00. The first kappa shape index (κ1) is 17.1.